The maximum atomic E-state index is 6.64. The lowest BCUT2D eigenvalue weighted by Crippen LogP contribution is -2.59. The van der Waals surface area contributed by atoms with Gasteiger partial charge in [-0.3, -0.25) is 10.3 Å². The molecule has 0 radical (unpaired) electrons. The van der Waals surface area contributed by atoms with Gasteiger partial charge in [-0.2, -0.15) is 0 Å². The summed E-state index contributed by atoms with van der Waals surface area (Å²) in [6.07, 6.45) is 14.2. The quantitative estimate of drug-likeness (QED) is 0.558. The fraction of sp³-hybridized carbons (Fsp3) is 0.667. The SMILES string of the molecule is CN1C(N2CCCc3ncccc32)=CN=C(NC2CCCC3(CCCC3N)CCN2)C1N. The highest BCUT2D eigenvalue weighted by Gasteiger charge is 2.40. The zero-order valence-corrected chi connectivity index (χ0v) is 19.3. The third-order valence-electron chi connectivity index (χ3n) is 8.09. The maximum absolute atomic E-state index is 6.64. The molecule has 0 amide bonds. The van der Waals surface area contributed by atoms with Crippen molar-refractivity contribution in [1.29, 1.82) is 0 Å². The van der Waals surface area contributed by atoms with Crippen LogP contribution in [0.15, 0.2) is 35.3 Å². The van der Waals surface area contributed by atoms with E-state index >= 15 is 0 Å². The van der Waals surface area contributed by atoms with Gasteiger partial charge in [0.25, 0.3) is 0 Å². The number of aryl methyl sites for hydroxylation is 1. The van der Waals surface area contributed by atoms with Gasteiger partial charge in [0.05, 0.1) is 23.7 Å². The van der Waals surface area contributed by atoms with Crippen LogP contribution in [-0.4, -0.2) is 54.2 Å². The Morgan fingerprint density at radius 3 is 2.84 bits per heavy atom. The number of likely N-dealkylation sites (N-methyl/N-ethyl adjacent to an activating group) is 1. The van der Waals surface area contributed by atoms with Crippen LogP contribution >= 0.6 is 0 Å². The van der Waals surface area contributed by atoms with Crippen molar-refractivity contribution in [3.8, 4) is 0 Å². The van der Waals surface area contributed by atoms with Crippen molar-refractivity contribution in [1.82, 2.24) is 20.5 Å². The van der Waals surface area contributed by atoms with Crippen LogP contribution in [0.2, 0.25) is 0 Å². The molecule has 8 heteroatoms. The van der Waals surface area contributed by atoms with Crippen LogP contribution in [0.1, 0.15) is 57.1 Å². The second-order valence-electron chi connectivity index (χ2n) is 9.94. The summed E-state index contributed by atoms with van der Waals surface area (Å²) in [5.74, 6) is 1.85. The number of pyridine rings is 1. The minimum absolute atomic E-state index is 0.193. The van der Waals surface area contributed by atoms with Gasteiger partial charge in [-0.15, -0.1) is 0 Å². The predicted octanol–water partition coefficient (Wildman–Crippen LogP) is 1.84. The lowest BCUT2D eigenvalue weighted by molar-refractivity contribution is 0.182. The molecular formula is C24H38N8. The van der Waals surface area contributed by atoms with Crippen LogP contribution < -0.4 is 27.0 Å². The molecule has 5 rings (SSSR count). The average molecular weight is 439 g/mol. The van der Waals surface area contributed by atoms with Gasteiger partial charge in [-0.25, -0.2) is 4.99 Å². The molecule has 1 saturated carbocycles. The number of nitrogens with one attached hydrogen (secondary N) is 2. The number of aromatic nitrogens is 1. The lowest BCUT2D eigenvalue weighted by Gasteiger charge is -2.42. The van der Waals surface area contributed by atoms with Crippen LogP contribution in [0, 0.1) is 5.41 Å². The predicted molar refractivity (Wildman–Crippen MR) is 129 cm³/mol. The molecule has 8 nitrogen and oxygen atoms in total. The van der Waals surface area contributed by atoms with Gasteiger partial charge in [-0.1, -0.05) is 6.42 Å². The van der Waals surface area contributed by atoms with E-state index in [9.17, 15) is 0 Å². The molecular weight excluding hydrogens is 400 g/mol. The van der Waals surface area contributed by atoms with E-state index in [0.29, 0.717) is 11.5 Å². The van der Waals surface area contributed by atoms with Gasteiger partial charge in [0.1, 0.15) is 17.8 Å². The molecule has 4 aliphatic rings. The molecule has 0 aromatic carbocycles. The number of fused-ring (bicyclic) bond motifs is 1. The summed E-state index contributed by atoms with van der Waals surface area (Å²) in [5.41, 5.74) is 15.8. The first-order valence-corrected chi connectivity index (χ1v) is 12.3. The maximum Gasteiger partial charge on any atom is 0.141 e. The highest BCUT2D eigenvalue weighted by atomic mass is 15.4. The Morgan fingerprint density at radius 2 is 2.00 bits per heavy atom. The molecule has 1 aliphatic carbocycles. The molecule has 174 valence electrons. The topological polar surface area (TPSA) is 108 Å². The minimum Gasteiger partial charge on any atom is -0.355 e. The Bertz CT molecular complexity index is 871. The van der Waals surface area contributed by atoms with Crippen molar-refractivity contribution in [3.05, 3.63) is 36.0 Å². The number of nitrogens with two attached hydrogens (primary N) is 2. The number of rotatable bonds is 2. The van der Waals surface area contributed by atoms with Gasteiger partial charge in [0.15, 0.2) is 0 Å². The van der Waals surface area contributed by atoms with Crippen molar-refractivity contribution in [2.45, 2.75) is 76.2 Å². The summed E-state index contributed by atoms with van der Waals surface area (Å²) in [4.78, 5) is 13.8. The highest BCUT2D eigenvalue weighted by molar-refractivity contribution is 5.89. The van der Waals surface area contributed by atoms with Gasteiger partial charge in [0, 0.05) is 25.8 Å². The summed E-state index contributed by atoms with van der Waals surface area (Å²) in [6, 6.07) is 4.51. The van der Waals surface area contributed by atoms with Gasteiger partial charge in [0.2, 0.25) is 0 Å². The molecule has 0 bridgehead atoms. The molecule has 32 heavy (non-hydrogen) atoms. The summed E-state index contributed by atoms with van der Waals surface area (Å²) in [5, 5.41) is 7.31. The van der Waals surface area contributed by atoms with Crippen molar-refractivity contribution in [2.24, 2.45) is 21.9 Å². The monoisotopic (exact) mass is 438 g/mol. The third-order valence-corrected chi connectivity index (χ3v) is 8.09. The molecule has 4 unspecified atom stereocenters. The minimum atomic E-state index is -0.307. The van der Waals surface area contributed by atoms with E-state index in [0.717, 1.165) is 61.8 Å². The molecule has 4 heterocycles. The molecule has 1 aromatic heterocycles. The number of anilines is 1. The van der Waals surface area contributed by atoms with Crippen LogP contribution in [0.3, 0.4) is 0 Å². The van der Waals surface area contributed by atoms with Crippen LogP contribution in [0.4, 0.5) is 5.69 Å². The summed E-state index contributed by atoms with van der Waals surface area (Å²) in [7, 11) is 2.05. The largest absolute Gasteiger partial charge is 0.355 e. The number of nitrogens with zero attached hydrogens (tertiary/aromatic N) is 4. The molecule has 2 fully saturated rings. The first-order valence-electron chi connectivity index (χ1n) is 12.3. The Kier molecular flexibility index (Phi) is 6.09. The Hall–Kier alpha value is -2.16. The van der Waals surface area contributed by atoms with E-state index in [1.807, 2.05) is 25.5 Å². The fourth-order valence-corrected chi connectivity index (χ4v) is 6.10. The summed E-state index contributed by atoms with van der Waals surface area (Å²) < 4.78 is 0. The van der Waals surface area contributed by atoms with E-state index in [4.69, 9.17) is 16.5 Å². The zero-order chi connectivity index (χ0) is 22.1. The standard InChI is InChI=1S/C24H38N8/c1-31-21(32-15-5-6-17-18(32)7-4-13-27-17)16-29-23(22(31)26)30-20-9-3-11-24(12-14-28-20)10-2-8-19(24)25/h4,7,13,16,19-20,22,28H,2-3,5-6,8-12,14-15,25-26H2,1H3,(H,29,30). The third kappa shape index (κ3) is 4.00. The first kappa shape index (κ1) is 21.7. The molecule has 3 aliphatic heterocycles. The van der Waals surface area contributed by atoms with Crippen molar-refractivity contribution >= 4 is 11.5 Å². The number of amidine groups is 1. The molecule has 6 N–H and O–H groups in total. The van der Waals surface area contributed by atoms with Crippen LogP contribution in [0.5, 0.6) is 0 Å². The average Bonchev–Trinajstić information content (AvgIpc) is 3.15. The molecule has 1 spiro atoms. The molecule has 1 saturated heterocycles. The van der Waals surface area contributed by atoms with E-state index in [2.05, 4.69) is 31.5 Å². The van der Waals surface area contributed by atoms with Gasteiger partial charge < -0.3 is 26.6 Å². The van der Waals surface area contributed by atoms with Crippen LogP contribution in [-0.2, 0) is 6.42 Å². The number of hydrogen-bond acceptors (Lipinski definition) is 8. The molecule has 1 aromatic rings. The Morgan fingerprint density at radius 1 is 1.16 bits per heavy atom. The van der Waals surface area contributed by atoms with E-state index < -0.39 is 0 Å². The second-order valence-corrected chi connectivity index (χ2v) is 9.94. The second kappa shape index (κ2) is 9.00. The molecule has 4 atom stereocenters. The zero-order valence-electron chi connectivity index (χ0n) is 19.3. The highest BCUT2D eigenvalue weighted by Crippen LogP contribution is 2.44. The smallest absolute Gasteiger partial charge is 0.141 e. The van der Waals surface area contributed by atoms with Crippen molar-refractivity contribution < 1.29 is 0 Å². The van der Waals surface area contributed by atoms with Gasteiger partial charge >= 0.3 is 0 Å². The Labute approximate surface area is 191 Å². The van der Waals surface area contributed by atoms with Crippen molar-refractivity contribution in [2.75, 3.05) is 25.0 Å². The number of hydrogen-bond donors (Lipinski definition) is 4. The summed E-state index contributed by atoms with van der Waals surface area (Å²) >= 11 is 0. The fourth-order valence-electron chi connectivity index (χ4n) is 6.10. The van der Waals surface area contributed by atoms with E-state index in [-0.39, 0.29) is 12.3 Å². The van der Waals surface area contributed by atoms with Crippen LogP contribution in [0.25, 0.3) is 0 Å². The lowest BCUT2D eigenvalue weighted by atomic mass is 9.74. The summed E-state index contributed by atoms with van der Waals surface area (Å²) in [6.45, 7) is 1.94. The van der Waals surface area contributed by atoms with Crippen molar-refractivity contribution in [3.63, 3.8) is 0 Å². The number of aliphatic imine (C=N–C) groups is 1. The van der Waals surface area contributed by atoms with E-state index in [1.165, 1.54) is 32.1 Å². The first-order chi connectivity index (χ1) is 15.6. The Balaban J connectivity index is 1.26. The van der Waals surface area contributed by atoms with Gasteiger partial charge in [-0.05, 0) is 75.5 Å². The van der Waals surface area contributed by atoms with E-state index in [1.54, 1.807) is 0 Å². The normalized spacial score (nSPS) is 33.3.